The molecule has 0 saturated heterocycles. The number of furan rings is 1. The van der Waals surface area contributed by atoms with Crippen molar-refractivity contribution in [3.05, 3.63) is 77.0 Å². The summed E-state index contributed by atoms with van der Waals surface area (Å²) in [5, 5.41) is 2.52. The Morgan fingerprint density at radius 3 is 2.15 bits per heavy atom. The van der Waals surface area contributed by atoms with Gasteiger partial charge in [0.25, 0.3) is 5.91 Å². The molecule has 3 rings (SSSR count). The van der Waals surface area contributed by atoms with Gasteiger partial charge >= 0.3 is 6.18 Å². The molecule has 134 valence electrons. The lowest BCUT2D eigenvalue weighted by molar-refractivity contribution is -0.153. The summed E-state index contributed by atoms with van der Waals surface area (Å²) in [6.07, 6.45) is -4.78. The lowest BCUT2D eigenvalue weighted by atomic mass is 10.1. The SMILES string of the molecule is Cc1cc(C)cc(NC(=O)c2cc(-c3ccccc3)oc2C(F)(F)F)c1. The van der Waals surface area contributed by atoms with E-state index in [0.717, 1.165) is 17.2 Å². The zero-order chi connectivity index (χ0) is 18.9. The second-order valence-corrected chi connectivity index (χ2v) is 6.05. The van der Waals surface area contributed by atoms with Gasteiger partial charge in [-0.2, -0.15) is 13.2 Å². The van der Waals surface area contributed by atoms with Gasteiger partial charge in [0, 0.05) is 11.3 Å². The fraction of sp³-hybridized carbons (Fsp3) is 0.150. The number of anilines is 1. The first-order valence-corrected chi connectivity index (χ1v) is 7.90. The Kier molecular flexibility index (Phi) is 4.59. The molecule has 0 spiro atoms. The molecule has 0 radical (unpaired) electrons. The largest absolute Gasteiger partial charge is 0.451 e. The molecule has 26 heavy (non-hydrogen) atoms. The van der Waals surface area contributed by atoms with Crippen LogP contribution in [0.15, 0.2) is 59.0 Å². The summed E-state index contributed by atoms with van der Waals surface area (Å²) in [6.45, 7) is 3.68. The molecule has 0 aliphatic rings. The van der Waals surface area contributed by atoms with Crippen molar-refractivity contribution in [2.75, 3.05) is 5.32 Å². The minimum Gasteiger partial charge on any atom is -0.451 e. The van der Waals surface area contributed by atoms with E-state index in [1.54, 1.807) is 42.5 Å². The second kappa shape index (κ2) is 6.71. The molecule has 1 aromatic heterocycles. The molecule has 0 bridgehead atoms. The molecule has 0 atom stereocenters. The molecular weight excluding hydrogens is 343 g/mol. The first-order chi connectivity index (χ1) is 12.2. The van der Waals surface area contributed by atoms with Crippen LogP contribution in [0.3, 0.4) is 0 Å². The van der Waals surface area contributed by atoms with Gasteiger partial charge in [0.15, 0.2) is 0 Å². The first-order valence-electron chi connectivity index (χ1n) is 7.90. The summed E-state index contributed by atoms with van der Waals surface area (Å²) in [6, 6.07) is 14.7. The van der Waals surface area contributed by atoms with E-state index in [4.69, 9.17) is 4.42 Å². The van der Waals surface area contributed by atoms with Crippen molar-refractivity contribution in [2.24, 2.45) is 0 Å². The number of benzene rings is 2. The number of carbonyl (C=O) groups excluding carboxylic acids is 1. The van der Waals surface area contributed by atoms with Crippen LogP contribution in [-0.4, -0.2) is 5.91 Å². The van der Waals surface area contributed by atoms with Crippen molar-refractivity contribution in [3.8, 4) is 11.3 Å². The molecule has 1 heterocycles. The highest BCUT2D eigenvalue weighted by Gasteiger charge is 2.40. The summed E-state index contributed by atoms with van der Waals surface area (Å²) >= 11 is 0. The van der Waals surface area contributed by atoms with Crippen LogP contribution in [0.25, 0.3) is 11.3 Å². The Bertz CT molecular complexity index is 923. The third-order valence-electron chi connectivity index (χ3n) is 3.77. The highest BCUT2D eigenvalue weighted by atomic mass is 19.4. The van der Waals surface area contributed by atoms with Gasteiger partial charge in [-0.1, -0.05) is 36.4 Å². The standard InChI is InChI=1S/C20H16F3NO2/c1-12-8-13(2)10-15(9-12)24-19(25)16-11-17(14-6-4-3-5-7-14)26-18(16)20(21,22)23/h3-11H,1-2H3,(H,24,25). The number of alkyl halides is 3. The number of hydrogen-bond donors (Lipinski definition) is 1. The van der Waals surface area contributed by atoms with Crippen LogP contribution in [0.4, 0.5) is 18.9 Å². The van der Waals surface area contributed by atoms with E-state index in [0.29, 0.717) is 11.3 Å². The Morgan fingerprint density at radius 2 is 1.58 bits per heavy atom. The minimum atomic E-state index is -4.78. The van der Waals surface area contributed by atoms with Crippen LogP contribution < -0.4 is 5.32 Å². The minimum absolute atomic E-state index is 0.0107. The highest BCUT2D eigenvalue weighted by molar-refractivity contribution is 6.05. The number of nitrogens with one attached hydrogen (secondary N) is 1. The van der Waals surface area contributed by atoms with Gasteiger partial charge in [-0.15, -0.1) is 0 Å². The topological polar surface area (TPSA) is 42.2 Å². The molecule has 2 aromatic carbocycles. The Labute approximate surface area is 148 Å². The fourth-order valence-electron chi connectivity index (χ4n) is 2.76. The maximum Gasteiger partial charge on any atom is 0.450 e. The van der Waals surface area contributed by atoms with Crippen LogP contribution in [0, 0.1) is 13.8 Å². The molecular formula is C20H16F3NO2. The number of carbonyl (C=O) groups is 1. The number of rotatable bonds is 3. The molecule has 0 aliphatic carbocycles. The van der Waals surface area contributed by atoms with Crippen molar-refractivity contribution in [1.82, 2.24) is 0 Å². The van der Waals surface area contributed by atoms with Crippen molar-refractivity contribution in [3.63, 3.8) is 0 Å². The highest BCUT2D eigenvalue weighted by Crippen LogP contribution is 2.37. The van der Waals surface area contributed by atoms with E-state index in [2.05, 4.69) is 5.32 Å². The average Bonchev–Trinajstić information content (AvgIpc) is 3.00. The fourth-order valence-corrected chi connectivity index (χ4v) is 2.76. The summed E-state index contributed by atoms with van der Waals surface area (Å²) in [7, 11) is 0. The van der Waals surface area contributed by atoms with Crippen LogP contribution in [0.1, 0.15) is 27.2 Å². The maximum absolute atomic E-state index is 13.3. The van der Waals surface area contributed by atoms with E-state index in [1.165, 1.54) is 0 Å². The molecule has 0 aliphatic heterocycles. The molecule has 1 N–H and O–H groups in total. The van der Waals surface area contributed by atoms with Gasteiger partial charge in [-0.25, -0.2) is 0 Å². The predicted molar refractivity (Wildman–Crippen MR) is 93.0 cm³/mol. The maximum atomic E-state index is 13.3. The first kappa shape index (κ1) is 17.8. The Balaban J connectivity index is 2.00. The third kappa shape index (κ3) is 3.79. The molecule has 0 saturated carbocycles. The number of amides is 1. The number of halogens is 3. The molecule has 0 unspecified atom stereocenters. The van der Waals surface area contributed by atoms with Crippen molar-refractivity contribution in [2.45, 2.75) is 20.0 Å². The van der Waals surface area contributed by atoms with Crippen LogP contribution in [-0.2, 0) is 6.18 Å². The zero-order valence-corrected chi connectivity index (χ0v) is 14.1. The third-order valence-corrected chi connectivity index (χ3v) is 3.77. The quantitative estimate of drug-likeness (QED) is 0.639. The van der Waals surface area contributed by atoms with Gasteiger partial charge in [0.1, 0.15) is 5.76 Å². The van der Waals surface area contributed by atoms with Crippen molar-refractivity contribution >= 4 is 11.6 Å². The van der Waals surface area contributed by atoms with Gasteiger partial charge in [-0.3, -0.25) is 4.79 Å². The number of hydrogen-bond acceptors (Lipinski definition) is 2. The van der Waals surface area contributed by atoms with E-state index < -0.39 is 23.4 Å². The summed E-state index contributed by atoms with van der Waals surface area (Å²) in [4.78, 5) is 12.5. The Morgan fingerprint density at radius 1 is 0.962 bits per heavy atom. The lowest BCUT2D eigenvalue weighted by Gasteiger charge is -2.09. The summed E-state index contributed by atoms with van der Waals surface area (Å²) in [5.74, 6) is -2.19. The van der Waals surface area contributed by atoms with Crippen LogP contribution >= 0.6 is 0 Å². The molecule has 3 aromatic rings. The molecule has 0 fully saturated rings. The van der Waals surface area contributed by atoms with E-state index in [-0.39, 0.29) is 5.76 Å². The molecule has 3 nitrogen and oxygen atoms in total. The second-order valence-electron chi connectivity index (χ2n) is 6.05. The van der Waals surface area contributed by atoms with Crippen molar-refractivity contribution < 1.29 is 22.4 Å². The van der Waals surface area contributed by atoms with Gasteiger partial charge < -0.3 is 9.73 Å². The lowest BCUT2D eigenvalue weighted by Crippen LogP contribution is -2.17. The monoisotopic (exact) mass is 359 g/mol. The van der Waals surface area contributed by atoms with E-state index in [9.17, 15) is 18.0 Å². The van der Waals surface area contributed by atoms with Crippen LogP contribution in [0.5, 0.6) is 0 Å². The smallest absolute Gasteiger partial charge is 0.450 e. The Hall–Kier alpha value is -3.02. The van der Waals surface area contributed by atoms with Gasteiger partial charge in [0.2, 0.25) is 5.76 Å². The summed E-state index contributed by atoms with van der Waals surface area (Å²) < 4.78 is 45.0. The van der Waals surface area contributed by atoms with E-state index in [1.807, 2.05) is 19.9 Å². The number of aryl methyl sites for hydroxylation is 2. The molecule has 1 amide bonds. The van der Waals surface area contributed by atoms with Crippen LogP contribution in [0.2, 0.25) is 0 Å². The normalized spacial score (nSPS) is 11.4. The average molecular weight is 359 g/mol. The predicted octanol–water partition coefficient (Wildman–Crippen LogP) is 5.83. The van der Waals surface area contributed by atoms with E-state index >= 15 is 0 Å². The summed E-state index contributed by atoms with van der Waals surface area (Å²) in [5.41, 5.74) is 2.14. The zero-order valence-electron chi connectivity index (χ0n) is 14.1. The van der Waals surface area contributed by atoms with Crippen molar-refractivity contribution in [1.29, 1.82) is 0 Å². The van der Waals surface area contributed by atoms with Gasteiger partial charge in [-0.05, 0) is 43.2 Å². The van der Waals surface area contributed by atoms with Gasteiger partial charge in [0.05, 0.1) is 5.56 Å². The molecule has 6 heteroatoms.